The van der Waals surface area contributed by atoms with Gasteiger partial charge in [0.05, 0.1) is 12.1 Å². The van der Waals surface area contributed by atoms with Crippen LogP contribution < -0.4 is 10.6 Å². The summed E-state index contributed by atoms with van der Waals surface area (Å²) in [5.41, 5.74) is 2.75. The van der Waals surface area contributed by atoms with Crippen LogP contribution in [0.15, 0.2) is 24.3 Å². The minimum absolute atomic E-state index is 0.0101. The number of β-amino-alcohol motifs (C(OH)–C–C–N with tert-alkyl or cyclic N) is 1. The molecule has 18 heavy (non-hydrogen) atoms. The number of carbonyl (C=O) groups excluding carboxylic acids is 1. The van der Waals surface area contributed by atoms with Crippen LogP contribution in [0.5, 0.6) is 0 Å². The molecule has 0 spiro atoms. The third-order valence-corrected chi connectivity index (χ3v) is 3.91. The Morgan fingerprint density at radius 1 is 1.44 bits per heavy atom. The lowest BCUT2D eigenvalue weighted by atomic mass is 9.77. The van der Waals surface area contributed by atoms with Crippen LogP contribution in [0, 0.1) is 0 Å². The third-order valence-electron chi connectivity index (χ3n) is 3.91. The molecule has 0 aromatic heterocycles. The van der Waals surface area contributed by atoms with Crippen molar-refractivity contribution in [3.63, 3.8) is 0 Å². The van der Waals surface area contributed by atoms with Crippen molar-refractivity contribution in [3.8, 4) is 0 Å². The Labute approximate surface area is 106 Å². The number of amides is 1. The van der Waals surface area contributed by atoms with Crippen molar-refractivity contribution in [2.75, 3.05) is 13.1 Å². The molecule has 0 saturated carbocycles. The summed E-state index contributed by atoms with van der Waals surface area (Å²) >= 11 is 0. The molecule has 4 heteroatoms. The van der Waals surface area contributed by atoms with Gasteiger partial charge in [-0.3, -0.25) is 4.79 Å². The van der Waals surface area contributed by atoms with Crippen LogP contribution in [0.25, 0.3) is 0 Å². The van der Waals surface area contributed by atoms with Gasteiger partial charge < -0.3 is 15.7 Å². The van der Waals surface area contributed by atoms with Crippen molar-refractivity contribution in [1.29, 1.82) is 0 Å². The van der Waals surface area contributed by atoms with Gasteiger partial charge in [-0.15, -0.1) is 0 Å². The van der Waals surface area contributed by atoms with Crippen molar-refractivity contribution in [1.82, 2.24) is 10.6 Å². The predicted molar refractivity (Wildman–Crippen MR) is 68.3 cm³/mol. The minimum Gasteiger partial charge on any atom is -0.392 e. The number of rotatable bonds is 3. The SMILES string of the molecule is O=C(NC[C@@H]1Cc2ccccc21)[C@@H]1C[C@@H](O)CN1. The van der Waals surface area contributed by atoms with Crippen LogP contribution in [-0.2, 0) is 11.2 Å². The molecule has 1 aromatic rings. The highest BCUT2D eigenvalue weighted by atomic mass is 16.3. The Kier molecular flexibility index (Phi) is 3.06. The number of hydrogen-bond donors (Lipinski definition) is 3. The van der Waals surface area contributed by atoms with E-state index in [0.29, 0.717) is 25.4 Å². The molecule has 1 amide bonds. The molecule has 0 unspecified atom stereocenters. The van der Waals surface area contributed by atoms with Crippen LogP contribution in [-0.4, -0.2) is 36.2 Å². The second-order valence-electron chi connectivity index (χ2n) is 5.20. The molecular formula is C14H18N2O2. The van der Waals surface area contributed by atoms with Crippen molar-refractivity contribution in [2.45, 2.75) is 30.9 Å². The monoisotopic (exact) mass is 246 g/mol. The lowest BCUT2D eigenvalue weighted by Crippen LogP contribution is -2.43. The molecule has 0 radical (unpaired) electrons. The van der Waals surface area contributed by atoms with Crippen molar-refractivity contribution in [3.05, 3.63) is 35.4 Å². The first-order chi connectivity index (χ1) is 8.74. The van der Waals surface area contributed by atoms with Gasteiger partial charge in [-0.05, 0) is 24.0 Å². The summed E-state index contributed by atoms with van der Waals surface area (Å²) in [6, 6.07) is 8.14. The van der Waals surface area contributed by atoms with E-state index >= 15 is 0 Å². The Bertz CT molecular complexity index is 461. The molecule has 1 heterocycles. The Balaban J connectivity index is 1.50. The Morgan fingerprint density at radius 3 is 3.00 bits per heavy atom. The molecule has 1 saturated heterocycles. The largest absolute Gasteiger partial charge is 0.392 e. The normalized spacial score (nSPS) is 29.5. The zero-order valence-corrected chi connectivity index (χ0v) is 10.2. The van der Waals surface area contributed by atoms with Crippen LogP contribution in [0.4, 0.5) is 0 Å². The molecule has 1 aromatic carbocycles. The lowest BCUT2D eigenvalue weighted by molar-refractivity contribution is -0.123. The predicted octanol–water partition coefficient (Wildman–Crippen LogP) is 0.165. The highest BCUT2D eigenvalue weighted by Crippen LogP contribution is 2.33. The van der Waals surface area contributed by atoms with Gasteiger partial charge in [0.25, 0.3) is 0 Å². The zero-order chi connectivity index (χ0) is 12.5. The molecule has 1 aliphatic carbocycles. The second kappa shape index (κ2) is 4.71. The second-order valence-corrected chi connectivity index (χ2v) is 5.20. The van der Waals surface area contributed by atoms with Crippen LogP contribution >= 0.6 is 0 Å². The fourth-order valence-electron chi connectivity index (χ4n) is 2.81. The van der Waals surface area contributed by atoms with Crippen molar-refractivity contribution < 1.29 is 9.90 Å². The number of aliphatic hydroxyl groups is 1. The summed E-state index contributed by atoms with van der Waals surface area (Å²) in [5, 5.41) is 15.4. The average molecular weight is 246 g/mol. The summed E-state index contributed by atoms with van der Waals surface area (Å²) < 4.78 is 0. The van der Waals surface area contributed by atoms with Crippen LogP contribution in [0.1, 0.15) is 23.5 Å². The molecule has 1 fully saturated rings. The van der Waals surface area contributed by atoms with E-state index in [1.165, 1.54) is 11.1 Å². The van der Waals surface area contributed by atoms with E-state index in [4.69, 9.17) is 0 Å². The fourth-order valence-corrected chi connectivity index (χ4v) is 2.81. The van der Waals surface area contributed by atoms with E-state index in [-0.39, 0.29) is 18.1 Å². The van der Waals surface area contributed by atoms with Gasteiger partial charge in [-0.1, -0.05) is 24.3 Å². The average Bonchev–Trinajstić information content (AvgIpc) is 2.77. The standard InChI is InChI=1S/C14H18N2O2/c17-11-6-13(15-8-11)14(18)16-7-10-5-9-3-1-2-4-12(9)10/h1-4,10-11,13,15,17H,5-8H2,(H,16,18)/t10-,11+,13-/m0/s1. The van der Waals surface area contributed by atoms with E-state index in [9.17, 15) is 9.90 Å². The summed E-state index contributed by atoms with van der Waals surface area (Å²) in [4.78, 5) is 11.9. The van der Waals surface area contributed by atoms with E-state index < -0.39 is 0 Å². The highest BCUT2D eigenvalue weighted by molar-refractivity contribution is 5.82. The van der Waals surface area contributed by atoms with Gasteiger partial charge in [0.15, 0.2) is 0 Å². The first-order valence-corrected chi connectivity index (χ1v) is 6.51. The van der Waals surface area contributed by atoms with E-state index in [1.807, 2.05) is 6.07 Å². The molecule has 2 aliphatic rings. The fraction of sp³-hybridized carbons (Fsp3) is 0.500. The third kappa shape index (κ3) is 2.13. The number of carbonyl (C=O) groups is 1. The number of hydrogen-bond acceptors (Lipinski definition) is 3. The molecule has 4 nitrogen and oxygen atoms in total. The summed E-state index contributed by atoms with van der Waals surface area (Å²) in [5.74, 6) is 0.465. The molecule has 3 rings (SSSR count). The van der Waals surface area contributed by atoms with Gasteiger partial charge in [0, 0.05) is 19.0 Å². The number of aliphatic hydroxyl groups excluding tert-OH is 1. The van der Waals surface area contributed by atoms with Gasteiger partial charge in [-0.25, -0.2) is 0 Å². The van der Waals surface area contributed by atoms with Crippen LogP contribution in [0.3, 0.4) is 0 Å². The zero-order valence-electron chi connectivity index (χ0n) is 10.2. The van der Waals surface area contributed by atoms with Gasteiger partial charge in [0.2, 0.25) is 5.91 Å². The highest BCUT2D eigenvalue weighted by Gasteiger charge is 2.30. The number of benzene rings is 1. The maximum atomic E-state index is 11.9. The Morgan fingerprint density at radius 2 is 2.28 bits per heavy atom. The molecule has 1 aliphatic heterocycles. The van der Waals surface area contributed by atoms with Gasteiger partial charge in [-0.2, -0.15) is 0 Å². The lowest BCUT2D eigenvalue weighted by Gasteiger charge is -2.30. The maximum absolute atomic E-state index is 11.9. The topological polar surface area (TPSA) is 61.4 Å². The molecule has 96 valence electrons. The quantitative estimate of drug-likeness (QED) is 0.712. The van der Waals surface area contributed by atoms with Gasteiger partial charge in [0.1, 0.15) is 0 Å². The molecule has 0 bridgehead atoms. The number of nitrogens with one attached hydrogen (secondary N) is 2. The van der Waals surface area contributed by atoms with E-state index in [1.54, 1.807) is 0 Å². The number of fused-ring (bicyclic) bond motifs is 1. The van der Waals surface area contributed by atoms with E-state index in [2.05, 4.69) is 28.8 Å². The molecule has 3 N–H and O–H groups in total. The summed E-state index contributed by atoms with van der Waals surface area (Å²) in [6.07, 6.45) is 1.19. The van der Waals surface area contributed by atoms with Gasteiger partial charge >= 0.3 is 0 Å². The first-order valence-electron chi connectivity index (χ1n) is 6.51. The maximum Gasteiger partial charge on any atom is 0.237 e. The minimum atomic E-state index is -0.384. The van der Waals surface area contributed by atoms with Crippen LogP contribution in [0.2, 0.25) is 0 Å². The Hall–Kier alpha value is -1.39. The molecule has 3 atom stereocenters. The van der Waals surface area contributed by atoms with E-state index in [0.717, 1.165) is 6.42 Å². The first kappa shape index (κ1) is 11.7. The summed E-state index contributed by atoms with van der Waals surface area (Å²) in [7, 11) is 0. The van der Waals surface area contributed by atoms with Crippen molar-refractivity contribution >= 4 is 5.91 Å². The summed E-state index contributed by atoms with van der Waals surface area (Å²) in [6.45, 7) is 1.22. The van der Waals surface area contributed by atoms with Crippen molar-refractivity contribution in [2.24, 2.45) is 0 Å². The smallest absolute Gasteiger partial charge is 0.237 e. The molecular weight excluding hydrogens is 228 g/mol.